The van der Waals surface area contributed by atoms with Crippen molar-refractivity contribution in [3.05, 3.63) is 10.9 Å². The molecule has 0 bridgehead atoms. The summed E-state index contributed by atoms with van der Waals surface area (Å²) in [5, 5.41) is 3.57. The summed E-state index contributed by atoms with van der Waals surface area (Å²) in [4.78, 5) is 1.25. The predicted molar refractivity (Wildman–Crippen MR) is 67.0 cm³/mol. The van der Waals surface area contributed by atoms with E-state index in [0.717, 1.165) is 24.3 Å². The lowest BCUT2D eigenvalue weighted by atomic mass is 10.1. The van der Waals surface area contributed by atoms with Gasteiger partial charge in [0.1, 0.15) is 0 Å². The molecule has 1 fully saturated rings. The molecule has 1 saturated carbocycles. The van der Waals surface area contributed by atoms with Crippen LogP contribution in [0, 0.1) is 11.8 Å². The number of methoxy groups -OCH3 is 1. The Labute approximate surface area is 101 Å². The highest BCUT2D eigenvalue weighted by atomic mass is 32.1. The van der Waals surface area contributed by atoms with E-state index in [1.54, 1.807) is 7.11 Å². The summed E-state index contributed by atoms with van der Waals surface area (Å²) in [5.74, 6) is 2.50. The van der Waals surface area contributed by atoms with Gasteiger partial charge in [0.05, 0.1) is 7.11 Å². The molecule has 90 valence electrons. The van der Waals surface area contributed by atoms with Gasteiger partial charge in [-0.3, -0.25) is 0 Å². The monoisotopic (exact) mass is 240 g/mol. The molecule has 1 N–H and O–H groups in total. The smallest absolute Gasteiger partial charge is 0.225 e. The topological polar surface area (TPSA) is 34.1 Å². The number of aromatic nitrogens is 1. The van der Waals surface area contributed by atoms with E-state index >= 15 is 0 Å². The van der Waals surface area contributed by atoms with Gasteiger partial charge in [0, 0.05) is 17.0 Å². The Balaban J connectivity index is 1.79. The Morgan fingerprint density at radius 3 is 2.88 bits per heavy atom. The summed E-state index contributed by atoms with van der Waals surface area (Å²) in [7, 11) is 1.66. The van der Waals surface area contributed by atoms with Gasteiger partial charge in [-0.25, -0.2) is 0 Å². The van der Waals surface area contributed by atoms with Crippen molar-refractivity contribution in [1.82, 2.24) is 9.69 Å². The SMILES string of the molecule is COc1cc(C(C)NCC(C)C2CC2)sn1. The number of nitrogens with one attached hydrogen (secondary N) is 1. The molecule has 0 amide bonds. The van der Waals surface area contributed by atoms with Crippen molar-refractivity contribution < 1.29 is 4.74 Å². The molecule has 16 heavy (non-hydrogen) atoms. The molecular formula is C12H20N2OS. The molecule has 1 aromatic heterocycles. The molecule has 0 saturated heterocycles. The number of nitrogens with zero attached hydrogens (tertiary/aromatic N) is 1. The van der Waals surface area contributed by atoms with Crippen LogP contribution in [0.4, 0.5) is 0 Å². The second kappa shape index (κ2) is 5.15. The zero-order chi connectivity index (χ0) is 11.5. The van der Waals surface area contributed by atoms with Gasteiger partial charge in [0.15, 0.2) is 0 Å². The van der Waals surface area contributed by atoms with Gasteiger partial charge >= 0.3 is 0 Å². The lowest BCUT2D eigenvalue weighted by Gasteiger charge is -2.15. The lowest BCUT2D eigenvalue weighted by Crippen LogP contribution is -2.24. The Bertz CT molecular complexity index is 336. The number of hydrogen-bond acceptors (Lipinski definition) is 4. The Morgan fingerprint density at radius 2 is 2.31 bits per heavy atom. The van der Waals surface area contributed by atoms with E-state index in [1.165, 1.54) is 29.3 Å². The van der Waals surface area contributed by atoms with E-state index in [-0.39, 0.29) is 0 Å². The Morgan fingerprint density at radius 1 is 1.56 bits per heavy atom. The maximum atomic E-state index is 5.09. The fourth-order valence-corrected chi connectivity index (χ4v) is 2.59. The molecule has 0 spiro atoms. The Kier molecular flexibility index (Phi) is 3.82. The van der Waals surface area contributed by atoms with Crippen LogP contribution in [-0.4, -0.2) is 18.0 Å². The maximum absolute atomic E-state index is 5.09. The van der Waals surface area contributed by atoms with Crippen molar-refractivity contribution in [2.24, 2.45) is 11.8 Å². The zero-order valence-electron chi connectivity index (χ0n) is 10.2. The first kappa shape index (κ1) is 11.9. The van der Waals surface area contributed by atoms with Crippen LogP contribution in [0.1, 0.15) is 37.6 Å². The highest BCUT2D eigenvalue weighted by Crippen LogP contribution is 2.36. The van der Waals surface area contributed by atoms with Crippen molar-refractivity contribution in [3.8, 4) is 5.88 Å². The van der Waals surface area contributed by atoms with E-state index in [2.05, 4.69) is 23.5 Å². The van der Waals surface area contributed by atoms with Crippen molar-refractivity contribution in [1.29, 1.82) is 0 Å². The molecule has 0 aliphatic heterocycles. The van der Waals surface area contributed by atoms with Crippen LogP contribution in [-0.2, 0) is 0 Å². The molecule has 0 aromatic carbocycles. The largest absolute Gasteiger partial charge is 0.480 e. The lowest BCUT2D eigenvalue weighted by molar-refractivity contribution is 0.401. The van der Waals surface area contributed by atoms with Crippen molar-refractivity contribution >= 4 is 11.5 Å². The standard InChI is InChI=1S/C12H20N2OS/c1-8(10-4-5-10)7-13-9(2)11-6-12(15-3)14-16-11/h6,8-10,13H,4-5,7H2,1-3H3. The van der Waals surface area contributed by atoms with Crippen LogP contribution in [0.3, 0.4) is 0 Å². The fraction of sp³-hybridized carbons (Fsp3) is 0.750. The number of hydrogen-bond donors (Lipinski definition) is 1. The summed E-state index contributed by atoms with van der Waals surface area (Å²) < 4.78 is 9.30. The third kappa shape index (κ3) is 2.95. The molecule has 4 heteroatoms. The van der Waals surface area contributed by atoms with E-state index in [9.17, 15) is 0 Å². The fourth-order valence-electron chi connectivity index (χ4n) is 1.87. The van der Waals surface area contributed by atoms with Crippen LogP contribution in [0.5, 0.6) is 5.88 Å². The third-order valence-electron chi connectivity index (χ3n) is 3.32. The average Bonchev–Trinajstić information content (AvgIpc) is 3.03. The molecule has 2 unspecified atom stereocenters. The molecule has 2 rings (SSSR count). The highest BCUT2D eigenvalue weighted by molar-refractivity contribution is 7.06. The molecule has 1 aliphatic rings. The van der Waals surface area contributed by atoms with E-state index in [4.69, 9.17) is 4.74 Å². The summed E-state index contributed by atoms with van der Waals surface area (Å²) >= 11 is 1.52. The van der Waals surface area contributed by atoms with Crippen molar-refractivity contribution in [2.75, 3.05) is 13.7 Å². The number of ether oxygens (including phenoxy) is 1. The molecule has 1 aliphatic carbocycles. The minimum Gasteiger partial charge on any atom is -0.480 e. The second-order valence-corrected chi connectivity index (χ2v) is 5.55. The minimum absolute atomic E-state index is 0.377. The van der Waals surface area contributed by atoms with Gasteiger partial charge in [-0.1, -0.05) is 6.92 Å². The average molecular weight is 240 g/mol. The first-order valence-electron chi connectivity index (χ1n) is 5.94. The van der Waals surface area contributed by atoms with E-state index in [1.807, 2.05) is 6.07 Å². The van der Waals surface area contributed by atoms with Gasteiger partial charge in [0.2, 0.25) is 5.88 Å². The van der Waals surface area contributed by atoms with Crippen LogP contribution < -0.4 is 10.1 Å². The number of rotatable bonds is 6. The molecule has 3 nitrogen and oxygen atoms in total. The Hall–Kier alpha value is -0.610. The van der Waals surface area contributed by atoms with Crippen LogP contribution >= 0.6 is 11.5 Å². The van der Waals surface area contributed by atoms with Crippen LogP contribution in [0.15, 0.2) is 6.07 Å². The summed E-state index contributed by atoms with van der Waals surface area (Å²) in [6.45, 7) is 5.63. The van der Waals surface area contributed by atoms with Gasteiger partial charge in [-0.2, -0.15) is 4.37 Å². The molecular weight excluding hydrogens is 220 g/mol. The quantitative estimate of drug-likeness (QED) is 0.830. The first-order valence-corrected chi connectivity index (χ1v) is 6.72. The highest BCUT2D eigenvalue weighted by Gasteiger charge is 2.27. The van der Waals surface area contributed by atoms with E-state index < -0.39 is 0 Å². The van der Waals surface area contributed by atoms with Gasteiger partial charge in [0.25, 0.3) is 0 Å². The van der Waals surface area contributed by atoms with Crippen molar-refractivity contribution in [3.63, 3.8) is 0 Å². The molecule has 1 heterocycles. The maximum Gasteiger partial charge on any atom is 0.225 e. The van der Waals surface area contributed by atoms with Gasteiger partial charge in [-0.15, -0.1) is 0 Å². The zero-order valence-corrected chi connectivity index (χ0v) is 11.0. The normalized spacial score (nSPS) is 19.4. The summed E-state index contributed by atoms with van der Waals surface area (Å²) in [5.41, 5.74) is 0. The summed E-state index contributed by atoms with van der Waals surface area (Å²) in [6, 6.07) is 2.40. The van der Waals surface area contributed by atoms with Gasteiger partial charge in [-0.05, 0) is 49.7 Å². The van der Waals surface area contributed by atoms with Crippen LogP contribution in [0.25, 0.3) is 0 Å². The molecule has 0 radical (unpaired) electrons. The minimum atomic E-state index is 0.377. The van der Waals surface area contributed by atoms with Crippen molar-refractivity contribution in [2.45, 2.75) is 32.7 Å². The summed E-state index contributed by atoms with van der Waals surface area (Å²) in [6.07, 6.45) is 2.84. The van der Waals surface area contributed by atoms with Crippen LogP contribution in [0.2, 0.25) is 0 Å². The second-order valence-electron chi connectivity index (χ2n) is 4.72. The molecule has 1 aromatic rings. The molecule has 2 atom stereocenters. The third-order valence-corrected chi connectivity index (χ3v) is 4.27. The predicted octanol–water partition coefficient (Wildman–Crippen LogP) is 2.85. The first-order chi connectivity index (χ1) is 7.70. The van der Waals surface area contributed by atoms with E-state index in [0.29, 0.717) is 6.04 Å². The van der Waals surface area contributed by atoms with Gasteiger partial charge < -0.3 is 10.1 Å².